The smallest absolute Gasteiger partial charge is 0.274 e. The average molecular weight is 340 g/mol. The normalized spacial score (nSPS) is 25.9. The quantitative estimate of drug-likeness (QED) is 0.847. The first-order chi connectivity index (χ1) is 12.2. The fourth-order valence-electron chi connectivity index (χ4n) is 3.61. The molecule has 2 fully saturated rings. The predicted octanol–water partition coefficient (Wildman–Crippen LogP) is 1.71. The van der Waals surface area contributed by atoms with Crippen molar-refractivity contribution in [2.45, 2.75) is 31.0 Å². The third-order valence-corrected chi connectivity index (χ3v) is 4.72. The van der Waals surface area contributed by atoms with Crippen LogP contribution in [-0.2, 0) is 4.74 Å². The molecule has 1 amide bonds. The van der Waals surface area contributed by atoms with Crippen LogP contribution in [0, 0.1) is 0 Å². The highest BCUT2D eigenvalue weighted by atomic mass is 16.6. The van der Waals surface area contributed by atoms with Gasteiger partial charge in [0, 0.05) is 31.6 Å². The van der Waals surface area contributed by atoms with Crippen molar-refractivity contribution in [3.8, 4) is 5.75 Å². The molecular formula is C18H20N4O3. The monoisotopic (exact) mass is 340 g/mol. The molecule has 2 aliphatic heterocycles. The summed E-state index contributed by atoms with van der Waals surface area (Å²) >= 11 is 0. The van der Waals surface area contributed by atoms with Gasteiger partial charge in [0.05, 0.1) is 31.1 Å². The zero-order valence-electron chi connectivity index (χ0n) is 13.9. The van der Waals surface area contributed by atoms with Crippen LogP contribution in [0.1, 0.15) is 29.8 Å². The Labute approximate surface area is 146 Å². The Hall–Kier alpha value is -2.54. The highest BCUT2D eigenvalue weighted by Crippen LogP contribution is 2.36. The summed E-state index contributed by atoms with van der Waals surface area (Å²) in [4.78, 5) is 26.6. The zero-order chi connectivity index (χ0) is 17.1. The third kappa shape index (κ3) is 3.46. The molecule has 2 aromatic rings. The van der Waals surface area contributed by atoms with Gasteiger partial charge in [-0.05, 0) is 25.0 Å². The van der Waals surface area contributed by atoms with Gasteiger partial charge in [-0.25, -0.2) is 4.98 Å². The molecule has 2 saturated heterocycles. The van der Waals surface area contributed by atoms with Crippen LogP contribution in [0.5, 0.6) is 5.75 Å². The van der Waals surface area contributed by atoms with Crippen molar-refractivity contribution in [1.29, 1.82) is 0 Å². The second-order valence-electron chi connectivity index (χ2n) is 6.55. The van der Waals surface area contributed by atoms with E-state index in [1.165, 1.54) is 12.4 Å². The van der Waals surface area contributed by atoms with Crippen LogP contribution in [-0.4, -0.2) is 57.2 Å². The van der Waals surface area contributed by atoms with Gasteiger partial charge >= 0.3 is 0 Å². The second kappa shape index (κ2) is 6.76. The number of amides is 1. The molecule has 25 heavy (non-hydrogen) atoms. The highest BCUT2D eigenvalue weighted by molar-refractivity contribution is 5.92. The highest BCUT2D eigenvalue weighted by Gasteiger charge is 2.45. The van der Waals surface area contributed by atoms with Crippen LogP contribution >= 0.6 is 0 Å². The van der Waals surface area contributed by atoms with Gasteiger partial charge in [0.15, 0.2) is 0 Å². The van der Waals surface area contributed by atoms with E-state index < -0.39 is 0 Å². The fraction of sp³-hybridized carbons (Fsp3) is 0.444. The lowest BCUT2D eigenvalue weighted by Gasteiger charge is -2.39. The number of carbonyl (C=O) groups excluding carboxylic acids is 1. The van der Waals surface area contributed by atoms with Gasteiger partial charge in [-0.3, -0.25) is 14.8 Å². The zero-order valence-corrected chi connectivity index (χ0v) is 13.9. The van der Waals surface area contributed by atoms with Crippen LogP contribution in [0.15, 0.2) is 43.1 Å². The number of hydrogen-bond donors (Lipinski definition) is 0. The van der Waals surface area contributed by atoms with Crippen molar-refractivity contribution in [3.05, 3.63) is 48.8 Å². The minimum Gasteiger partial charge on any atom is -0.486 e. The minimum absolute atomic E-state index is 0.0178. The number of aromatic nitrogens is 3. The first kappa shape index (κ1) is 16.0. The molecule has 0 radical (unpaired) electrons. The Kier molecular flexibility index (Phi) is 4.31. The minimum atomic E-state index is -0.330. The molecule has 130 valence electrons. The van der Waals surface area contributed by atoms with E-state index in [1.54, 1.807) is 18.6 Å². The maximum Gasteiger partial charge on any atom is 0.274 e. The molecule has 0 saturated carbocycles. The van der Waals surface area contributed by atoms with Crippen LogP contribution in [0.3, 0.4) is 0 Å². The summed E-state index contributed by atoms with van der Waals surface area (Å²) in [6, 6.07) is 3.74. The van der Waals surface area contributed by atoms with Gasteiger partial charge in [0.2, 0.25) is 0 Å². The lowest BCUT2D eigenvalue weighted by Crippen LogP contribution is -2.50. The topological polar surface area (TPSA) is 77.4 Å². The molecule has 2 aromatic heterocycles. The van der Waals surface area contributed by atoms with E-state index >= 15 is 0 Å². The number of likely N-dealkylation sites (tertiary alicyclic amines) is 1. The molecule has 0 aliphatic carbocycles. The number of rotatable bonds is 3. The van der Waals surface area contributed by atoms with Gasteiger partial charge < -0.3 is 14.4 Å². The van der Waals surface area contributed by atoms with E-state index in [0.717, 1.165) is 25.0 Å². The van der Waals surface area contributed by atoms with Crippen molar-refractivity contribution >= 4 is 5.91 Å². The number of piperidine rings is 1. The van der Waals surface area contributed by atoms with E-state index in [4.69, 9.17) is 9.47 Å². The standard InChI is InChI=1S/C18H20N4O3/c23-17(16-11-20-6-7-21-16)22-8-2-4-18(13-22)9-15(12-24-18)25-14-3-1-5-19-10-14/h1,3,5-7,10-11,15H,2,4,8-9,12-13H2. The van der Waals surface area contributed by atoms with Gasteiger partial charge in [-0.2, -0.15) is 0 Å². The van der Waals surface area contributed by atoms with Crippen molar-refractivity contribution in [2.75, 3.05) is 19.7 Å². The van der Waals surface area contributed by atoms with E-state index in [2.05, 4.69) is 15.0 Å². The summed E-state index contributed by atoms with van der Waals surface area (Å²) in [6.07, 6.45) is 10.6. The molecule has 4 heterocycles. The van der Waals surface area contributed by atoms with Crippen molar-refractivity contribution in [1.82, 2.24) is 19.9 Å². The summed E-state index contributed by atoms with van der Waals surface area (Å²) in [6.45, 7) is 1.81. The number of carbonyl (C=O) groups is 1. The van der Waals surface area contributed by atoms with Gasteiger partial charge in [-0.15, -0.1) is 0 Å². The predicted molar refractivity (Wildman–Crippen MR) is 89.1 cm³/mol. The van der Waals surface area contributed by atoms with E-state index in [9.17, 15) is 4.79 Å². The number of nitrogens with zero attached hydrogens (tertiary/aromatic N) is 4. The molecular weight excluding hydrogens is 320 g/mol. The third-order valence-electron chi connectivity index (χ3n) is 4.72. The first-order valence-corrected chi connectivity index (χ1v) is 8.50. The van der Waals surface area contributed by atoms with Gasteiger partial charge in [-0.1, -0.05) is 0 Å². The van der Waals surface area contributed by atoms with Crippen molar-refractivity contribution in [2.24, 2.45) is 0 Å². The van der Waals surface area contributed by atoms with E-state index in [1.807, 2.05) is 17.0 Å². The Balaban J connectivity index is 1.42. The molecule has 7 heteroatoms. The summed E-state index contributed by atoms with van der Waals surface area (Å²) in [5, 5.41) is 0. The van der Waals surface area contributed by atoms with Crippen LogP contribution in [0.25, 0.3) is 0 Å². The van der Waals surface area contributed by atoms with Crippen molar-refractivity contribution in [3.63, 3.8) is 0 Å². The molecule has 4 rings (SSSR count). The average Bonchev–Trinajstić information content (AvgIpc) is 3.04. The Morgan fingerprint density at radius 1 is 1.28 bits per heavy atom. The summed E-state index contributed by atoms with van der Waals surface area (Å²) in [5.41, 5.74) is 0.0453. The Bertz CT molecular complexity index is 728. The summed E-state index contributed by atoms with van der Waals surface area (Å²) in [5.74, 6) is 0.656. The maximum absolute atomic E-state index is 12.6. The lowest BCUT2D eigenvalue weighted by molar-refractivity contribution is -0.0454. The number of pyridine rings is 1. The molecule has 7 nitrogen and oxygen atoms in total. The van der Waals surface area contributed by atoms with Crippen molar-refractivity contribution < 1.29 is 14.3 Å². The SMILES string of the molecule is O=C(c1cnccn1)N1CCCC2(CC(Oc3cccnc3)CO2)C1. The Morgan fingerprint density at radius 2 is 2.20 bits per heavy atom. The number of hydrogen-bond acceptors (Lipinski definition) is 6. The van der Waals surface area contributed by atoms with E-state index in [0.29, 0.717) is 25.4 Å². The molecule has 2 aliphatic rings. The Morgan fingerprint density at radius 3 is 3.00 bits per heavy atom. The first-order valence-electron chi connectivity index (χ1n) is 8.50. The number of ether oxygens (including phenoxy) is 2. The fourth-order valence-corrected chi connectivity index (χ4v) is 3.61. The summed E-state index contributed by atoms with van der Waals surface area (Å²) in [7, 11) is 0. The second-order valence-corrected chi connectivity index (χ2v) is 6.55. The largest absolute Gasteiger partial charge is 0.486 e. The lowest BCUT2D eigenvalue weighted by atomic mass is 9.89. The maximum atomic E-state index is 12.6. The molecule has 0 bridgehead atoms. The summed E-state index contributed by atoms with van der Waals surface area (Å²) < 4.78 is 12.1. The molecule has 0 aromatic carbocycles. The van der Waals surface area contributed by atoms with Crippen LogP contribution in [0.4, 0.5) is 0 Å². The molecule has 0 N–H and O–H groups in total. The van der Waals surface area contributed by atoms with E-state index in [-0.39, 0.29) is 17.6 Å². The molecule has 2 atom stereocenters. The van der Waals surface area contributed by atoms with Gasteiger partial charge in [0.1, 0.15) is 17.5 Å². The molecule has 2 unspecified atom stereocenters. The van der Waals surface area contributed by atoms with Gasteiger partial charge in [0.25, 0.3) is 5.91 Å². The van der Waals surface area contributed by atoms with Crippen LogP contribution in [0.2, 0.25) is 0 Å². The van der Waals surface area contributed by atoms with Crippen LogP contribution < -0.4 is 4.74 Å². The molecule has 1 spiro atoms.